The number of anilines is 1. The van der Waals surface area contributed by atoms with Crippen LogP contribution < -0.4 is 4.90 Å². The van der Waals surface area contributed by atoms with Gasteiger partial charge in [-0.05, 0) is 29.8 Å². The molecule has 0 radical (unpaired) electrons. The second kappa shape index (κ2) is 6.14. The van der Waals surface area contributed by atoms with Crippen LogP contribution in [0, 0.1) is 11.6 Å². The van der Waals surface area contributed by atoms with E-state index in [9.17, 15) is 13.6 Å². The number of hydrogen-bond acceptors (Lipinski definition) is 2. The topological polar surface area (TPSA) is 40.5 Å². The summed E-state index contributed by atoms with van der Waals surface area (Å²) in [5.74, 6) is -2.85. The zero-order chi connectivity index (χ0) is 14.5. The molecule has 0 heterocycles. The molecule has 0 amide bonds. The molecule has 0 aromatic heterocycles. The molecule has 0 fully saturated rings. The lowest BCUT2D eigenvalue weighted by Gasteiger charge is -2.23. The molecule has 0 bridgehead atoms. The van der Waals surface area contributed by atoms with E-state index in [0.717, 1.165) is 12.1 Å². The van der Waals surface area contributed by atoms with Crippen molar-refractivity contribution in [2.24, 2.45) is 0 Å². The number of carbonyl (C=O) groups is 1. The lowest BCUT2D eigenvalue weighted by atomic mass is 10.2. The van der Waals surface area contributed by atoms with E-state index in [0.29, 0.717) is 11.3 Å². The lowest BCUT2D eigenvalue weighted by Crippen LogP contribution is -2.29. The van der Waals surface area contributed by atoms with Gasteiger partial charge in [0, 0.05) is 12.2 Å². The fourth-order valence-corrected chi connectivity index (χ4v) is 1.90. The molecule has 2 rings (SSSR count). The van der Waals surface area contributed by atoms with Gasteiger partial charge in [0.05, 0.1) is 0 Å². The first-order chi connectivity index (χ1) is 9.56. The lowest BCUT2D eigenvalue weighted by molar-refractivity contribution is -0.135. The van der Waals surface area contributed by atoms with Gasteiger partial charge in [0.2, 0.25) is 0 Å². The molecule has 0 spiro atoms. The van der Waals surface area contributed by atoms with Crippen molar-refractivity contribution in [3.05, 3.63) is 65.7 Å². The van der Waals surface area contributed by atoms with Crippen molar-refractivity contribution in [2.75, 3.05) is 11.4 Å². The van der Waals surface area contributed by atoms with Gasteiger partial charge in [-0.25, -0.2) is 8.78 Å². The summed E-state index contributed by atoms with van der Waals surface area (Å²) in [6.45, 7) is -0.0312. The van der Waals surface area contributed by atoms with Gasteiger partial charge in [0.25, 0.3) is 0 Å². The van der Waals surface area contributed by atoms with Crippen LogP contribution in [0.1, 0.15) is 5.56 Å². The van der Waals surface area contributed by atoms with Gasteiger partial charge in [0.1, 0.15) is 6.54 Å². The molecule has 5 heteroatoms. The zero-order valence-corrected chi connectivity index (χ0v) is 10.6. The summed E-state index contributed by atoms with van der Waals surface area (Å²) in [5, 5.41) is 8.95. The Kier molecular flexibility index (Phi) is 4.30. The van der Waals surface area contributed by atoms with Crippen LogP contribution >= 0.6 is 0 Å². The molecule has 2 aromatic rings. The number of hydrogen-bond donors (Lipinski definition) is 1. The van der Waals surface area contributed by atoms with Crippen molar-refractivity contribution in [3.63, 3.8) is 0 Å². The Morgan fingerprint density at radius 2 is 1.75 bits per heavy atom. The SMILES string of the molecule is O=C(O)CN(Cc1ccc(F)c(F)c1)c1ccccc1. The molecule has 0 atom stereocenters. The van der Waals surface area contributed by atoms with Crippen molar-refractivity contribution in [1.29, 1.82) is 0 Å². The van der Waals surface area contributed by atoms with Gasteiger partial charge in [-0.3, -0.25) is 4.79 Å². The maximum atomic E-state index is 13.2. The Balaban J connectivity index is 2.23. The fraction of sp³-hybridized carbons (Fsp3) is 0.133. The first kappa shape index (κ1) is 14.0. The fourth-order valence-electron chi connectivity index (χ4n) is 1.90. The van der Waals surface area contributed by atoms with Crippen molar-refractivity contribution in [2.45, 2.75) is 6.54 Å². The van der Waals surface area contributed by atoms with Crippen LogP contribution in [0.15, 0.2) is 48.5 Å². The third-order valence-corrected chi connectivity index (χ3v) is 2.80. The predicted octanol–water partition coefficient (Wildman–Crippen LogP) is 3.06. The molecule has 0 aliphatic heterocycles. The van der Waals surface area contributed by atoms with E-state index in [1.807, 2.05) is 6.07 Å². The summed E-state index contributed by atoms with van der Waals surface area (Å²) < 4.78 is 26.1. The van der Waals surface area contributed by atoms with Crippen molar-refractivity contribution in [1.82, 2.24) is 0 Å². The number of benzene rings is 2. The van der Waals surface area contributed by atoms with Crippen LogP contribution in [0.2, 0.25) is 0 Å². The highest BCUT2D eigenvalue weighted by molar-refractivity contribution is 5.73. The monoisotopic (exact) mass is 277 g/mol. The van der Waals surface area contributed by atoms with Gasteiger partial charge in [-0.1, -0.05) is 24.3 Å². The average molecular weight is 277 g/mol. The summed E-state index contributed by atoms with van der Waals surface area (Å²) in [4.78, 5) is 12.5. The third-order valence-electron chi connectivity index (χ3n) is 2.80. The smallest absolute Gasteiger partial charge is 0.323 e. The molecular formula is C15H13F2NO2. The van der Waals surface area contributed by atoms with E-state index < -0.39 is 17.6 Å². The van der Waals surface area contributed by atoms with Crippen molar-refractivity contribution >= 4 is 11.7 Å². The van der Waals surface area contributed by atoms with E-state index in [2.05, 4.69) is 0 Å². The maximum absolute atomic E-state index is 13.2. The maximum Gasteiger partial charge on any atom is 0.323 e. The highest BCUT2D eigenvalue weighted by Gasteiger charge is 2.12. The van der Waals surface area contributed by atoms with Gasteiger partial charge >= 0.3 is 5.97 Å². The van der Waals surface area contributed by atoms with Crippen LogP contribution in [0.25, 0.3) is 0 Å². The third kappa shape index (κ3) is 3.54. The van der Waals surface area contributed by atoms with E-state index >= 15 is 0 Å². The average Bonchev–Trinajstić information content (AvgIpc) is 2.43. The minimum atomic E-state index is -0.989. The Hall–Kier alpha value is -2.43. The van der Waals surface area contributed by atoms with Gasteiger partial charge in [0.15, 0.2) is 11.6 Å². The molecule has 0 saturated heterocycles. The second-order valence-corrected chi connectivity index (χ2v) is 4.33. The summed E-state index contributed by atoms with van der Waals surface area (Å²) in [7, 11) is 0. The normalized spacial score (nSPS) is 10.3. The first-order valence-electron chi connectivity index (χ1n) is 6.02. The van der Waals surface area contributed by atoms with E-state index in [4.69, 9.17) is 5.11 Å². The number of rotatable bonds is 5. The molecular weight excluding hydrogens is 264 g/mol. The number of aliphatic carboxylic acids is 1. The van der Waals surface area contributed by atoms with Crippen molar-refractivity contribution in [3.8, 4) is 0 Å². The number of nitrogens with zero attached hydrogens (tertiary/aromatic N) is 1. The molecule has 0 unspecified atom stereocenters. The Morgan fingerprint density at radius 3 is 2.35 bits per heavy atom. The van der Waals surface area contributed by atoms with Gasteiger partial charge in [-0.15, -0.1) is 0 Å². The predicted molar refractivity (Wildman–Crippen MR) is 71.5 cm³/mol. The molecule has 20 heavy (non-hydrogen) atoms. The molecule has 104 valence electrons. The summed E-state index contributed by atoms with van der Waals surface area (Å²) in [6, 6.07) is 12.5. The molecule has 1 N–H and O–H groups in total. The Morgan fingerprint density at radius 1 is 1.05 bits per heavy atom. The number of halogens is 2. The van der Waals surface area contributed by atoms with E-state index in [1.54, 1.807) is 29.2 Å². The van der Waals surface area contributed by atoms with Crippen LogP contribution in [0.4, 0.5) is 14.5 Å². The van der Waals surface area contributed by atoms with Crippen LogP contribution in [0.3, 0.4) is 0 Å². The largest absolute Gasteiger partial charge is 0.480 e. The molecule has 2 aromatic carbocycles. The van der Waals surface area contributed by atoms with E-state index in [1.165, 1.54) is 6.07 Å². The molecule has 0 saturated carbocycles. The summed E-state index contributed by atoms with van der Waals surface area (Å²) in [6.07, 6.45) is 0. The van der Waals surface area contributed by atoms with Crippen LogP contribution in [-0.2, 0) is 11.3 Å². The Bertz CT molecular complexity index is 602. The standard InChI is InChI=1S/C15H13F2NO2/c16-13-7-6-11(8-14(13)17)9-18(10-15(19)20)12-4-2-1-3-5-12/h1-8H,9-10H2,(H,19,20). The minimum absolute atomic E-state index is 0.188. The number of para-hydroxylation sites is 1. The van der Waals surface area contributed by atoms with Gasteiger partial charge < -0.3 is 10.0 Å². The highest BCUT2D eigenvalue weighted by atomic mass is 19.2. The van der Waals surface area contributed by atoms with E-state index in [-0.39, 0.29) is 13.1 Å². The second-order valence-electron chi connectivity index (χ2n) is 4.33. The molecule has 3 nitrogen and oxygen atoms in total. The van der Waals surface area contributed by atoms with Crippen LogP contribution in [0.5, 0.6) is 0 Å². The van der Waals surface area contributed by atoms with Crippen molar-refractivity contribution < 1.29 is 18.7 Å². The minimum Gasteiger partial charge on any atom is -0.480 e. The quantitative estimate of drug-likeness (QED) is 0.913. The highest BCUT2D eigenvalue weighted by Crippen LogP contribution is 2.17. The first-order valence-corrected chi connectivity index (χ1v) is 6.02. The summed E-state index contributed by atoms with van der Waals surface area (Å²) in [5.41, 5.74) is 1.22. The molecule has 0 aliphatic carbocycles. The Labute approximate surface area is 115 Å². The summed E-state index contributed by atoms with van der Waals surface area (Å²) >= 11 is 0. The molecule has 0 aliphatic rings. The van der Waals surface area contributed by atoms with Crippen LogP contribution in [-0.4, -0.2) is 17.6 Å². The zero-order valence-electron chi connectivity index (χ0n) is 10.6. The number of carboxylic acid groups (broad SMARTS) is 1. The van der Waals surface area contributed by atoms with Gasteiger partial charge in [-0.2, -0.15) is 0 Å². The number of carboxylic acids is 1.